The quantitative estimate of drug-likeness (QED) is 0.741. The molecule has 1 nitrogen and oxygen atoms in total. The lowest BCUT2D eigenvalue weighted by Gasteiger charge is -2.18. The van der Waals surface area contributed by atoms with Gasteiger partial charge in [-0.1, -0.05) is 40.5 Å². The molecule has 16 heavy (non-hydrogen) atoms. The molecule has 0 spiro atoms. The second-order valence-electron chi connectivity index (χ2n) is 4.01. The molecule has 0 radical (unpaired) electrons. The number of nitrogens with zero attached hydrogens (tertiary/aromatic N) is 1. The Morgan fingerprint density at radius 2 is 2.19 bits per heavy atom. The van der Waals surface area contributed by atoms with Crippen LogP contribution in [-0.2, 0) is 6.54 Å². The Kier molecular flexibility index (Phi) is 5.73. The van der Waals surface area contributed by atoms with E-state index in [-0.39, 0.29) is 5.82 Å². The van der Waals surface area contributed by atoms with Crippen LogP contribution in [0.2, 0.25) is 5.02 Å². The lowest BCUT2D eigenvalue weighted by molar-refractivity contribution is 0.317. The minimum atomic E-state index is -0.230. The van der Waals surface area contributed by atoms with Crippen molar-refractivity contribution in [1.82, 2.24) is 4.90 Å². The Morgan fingerprint density at radius 1 is 1.50 bits per heavy atom. The molecule has 0 bridgehead atoms. The Bertz CT molecular complexity index is 324. The summed E-state index contributed by atoms with van der Waals surface area (Å²) in [7, 11) is 1.97. The highest BCUT2D eigenvalue weighted by atomic mass is 79.9. The summed E-state index contributed by atoms with van der Waals surface area (Å²) >= 11 is 9.45. The molecule has 0 aliphatic carbocycles. The number of hydrogen-bond acceptors (Lipinski definition) is 1. The van der Waals surface area contributed by atoms with Crippen LogP contribution in [0.15, 0.2) is 18.2 Å². The van der Waals surface area contributed by atoms with Gasteiger partial charge < -0.3 is 4.90 Å². The van der Waals surface area contributed by atoms with Gasteiger partial charge in [0.2, 0.25) is 0 Å². The van der Waals surface area contributed by atoms with Gasteiger partial charge in [-0.15, -0.1) is 0 Å². The Morgan fingerprint density at radius 3 is 2.75 bits per heavy atom. The molecule has 0 aromatic heterocycles. The van der Waals surface area contributed by atoms with Crippen LogP contribution >= 0.6 is 27.5 Å². The number of hydrogen-bond donors (Lipinski definition) is 0. The standard InChI is InChI=1S/C12H16BrClFN/c1-9(13)6-7-16(2)8-10-11(14)4-3-5-12(10)15/h3-5,9H,6-8H2,1-2H3. The SMILES string of the molecule is CC(Br)CCN(C)Cc1c(F)cccc1Cl. The van der Waals surface area contributed by atoms with Crippen molar-refractivity contribution in [2.24, 2.45) is 0 Å². The molecule has 0 saturated carbocycles. The molecule has 1 aromatic carbocycles. The zero-order valence-corrected chi connectivity index (χ0v) is 11.9. The maximum atomic E-state index is 13.5. The van der Waals surface area contributed by atoms with Gasteiger partial charge in [0, 0.05) is 22.0 Å². The fraction of sp³-hybridized carbons (Fsp3) is 0.500. The van der Waals surface area contributed by atoms with Crippen LogP contribution in [0.25, 0.3) is 0 Å². The van der Waals surface area contributed by atoms with E-state index in [4.69, 9.17) is 11.6 Å². The van der Waals surface area contributed by atoms with E-state index in [0.717, 1.165) is 13.0 Å². The third-order valence-corrected chi connectivity index (χ3v) is 3.21. The smallest absolute Gasteiger partial charge is 0.129 e. The summed E-state index contributed by atoms with van der Waals surface area (Å²) < 4.78 is 13.5. The highest BCUT2D eigenvalue weighted by Gasteiger charge is 2.09. The molecule has 0 saturated heterocycles. The molecular weight excluding hydrogens is 292 g/mol. The third-order valence-electron chi connectivity index (χ3n) is 2.40. The second-order valence-corrected chi connectivity index (χ2v) is 5.98. The van der Waals surface area contributed by atoms with E-state index in [2.05, 4.69) is 27.8 Å². The lowest BCUT2D eigenvalue weighted by Crippen LogP contribution is -2.21. The van der Waals surface area contributed by atoms with Crippen LogP contribution in [0.1, 0.15) is 18.9 Å². The maximum Gasteiger partial charge on any atom is 0.129 e. The molecule has 1 rings (SSSR count). The summed E-state index contributed by atoms with van der Waals surface area (Å²) in [5.41, 5.74) is 0.578. The zero-order valence-electron chi connectivity index (χ0n) is 9.51. The Hall–Kier alpha value is -0.120. The highest BCUT2D eigenvalue weighted by Crippen LogP contribution is 2.20. The number of halogens is 3. The van der Waals surface area contributed by atoms with Crippen molar-refractivity contribution in [3.05, 3.63) is 34.6 Å². The summed E-state index contributed by atoms with van der Waals surface area (Å²) in [6.07, 6.45) is 1.03. The fourth-order valence-electron chi connectivity index (χ4n) is 1.43. The largest absolute Gasteiger partial charge is 0.302 e. The Labute approximate surface area is 110 Å². The summed E-state index contributed by atoms with van der Waals surface area (Å²) in [5.74, 6) is -0.230. The predicted octanol–water partition coefficient (Wildman–Crippen LogP) is 4.08. The first-order valence-corrected chi connectivity index (χ1v) is 6.55. The first-order chi connectivity index (χ1) is 7.50. The first kappa shape index (κ1) is 13.9. The van der Waals surface area contributed by atoms with Gasteiger partial charge in [-0.2, -0.15) is 0 Å². The van der Waals surface area contributed by atoms with Crippen LogP contribution in [0.4, 0.5) is 4.39 Å². The van der Waals surface area contributed by atoms with Crippen LogP contribution in [0.5, 0.6) is 0 Å². The highest BCUT2D eigenvalue weighted by molar-refractivity contribution is 9.09. The van der Waals surface area contributed by atoms with Crippen molar-refractivity contribution in [3.63, 3.8) is 0 Å². The fourth-order valence-corrected chi connectivity index (χ4v) is 1.86. The van der Waals surface area contributed by atoms with Gasteiger partial charge in [-0.3, -0.25) is 0 Å². The maximum absolute atomic E-state index is 13.5. The van der Waals surface area contributed by atoms with Crippen molar-refractivity contribution in [2.75, 3.05) is 13.6 Å². The monoisotopic (exact) mass is 307 g/mol. The minimum absolute atomic E-state index is 0.230. The molecule has 1 atom stereocenters. The van der Waals surface area contributed by atoms with Crippen LogP contribution in [0, 0.1) is 5.82 Å². The normalized spacial score (nSPS) is 13.1. The van der Waals surface area contributed by atoms with E-state index in [1.807, 2.05) is 7.05 Å². The van der Waals surface area contributed by atoms with E-state index in [1.54, 1.807) is 12.1 Å². The lowest BCUT2D eigenvalue weighted by atomic mass is 10.2. The molecule has 0 N–H and O–H groups in total. The molecule has 0 fully saturated rings. The van der Waals surface area contributed by atoms with Gasteiger partial charge >= 0.3 is 0 Å². The topological polar surface area (TPSA) is 3.24 Å². The average molecular weight is 309 g/mol. The van der Waals surface area contributed by atoms with Crippen molar-refractivity contribution >= 4 is 27.5 Å². The van der Waals surface area contributed by atoms with Gasteiger partial charge in [0.15, 0.2) is 0 Å². The van der Waals surface area contributed by atoms with Gasteiger partial charge in [-0.05, 0) is 32.1 Å². The van der Waals surface area contributed by atoms with Crippen molar-refractivity contribution in [2.45, 2.75) is 24.7 Å². The number of alkyl halides is 1. The van der Waals surface area contributed by atoms with E-state index in [0.29, 0.717) is 22.0 Å². The predicted molar refractivity (Wildman–Crippen MR) is 70.8 cm³/mol. The van der Waals surface area contributed by atoms with E-state index < -0.39 is 0 Å². The van der Waals surface area contributed by atoms with Crippen molar-refractivity contribution < 1.29 is 4.39 Å². The summed E-state index contributed by atoms with van der Waals surface area (Å²) in [5, 5.41) is 0.499. The Balaban J connectivity index is 2.59. The molecule has 0 heterocycles. The van der Waals surface area contributed by atoms with Gasteiger partial charge in [0.1, 0.15) is 5.82 Å². The van der Waals surface area contributed by atoms with Crippen LogP contribution < -0.4 is 0 Å². The van der Waals surface area contributed by atoms with Gasteiger partial charge in [0.25, 0.3) is 0 Å². The second kappa shape index (κ2) is 6.58. The molecule has 90 valence electrons. The molecule has 4 heteroatoms. The van der Waals surface area contributed by atoms with E-state index in [9.17, 15) is 4.39 Å². The van der Waals surface area contributed by atoms with E-state index in [1.165, 1.54) is 6.07 Å². The van der Waals surface area contributed by atoms with Crippen molar-refractivity contribution in [3.8, 4) is 0 Å². The van der Waals surface area contributed by atoms with Gasteiger partial charge in [-0.25, -0.2) is 4.39 Å². The molecule has 1 aromatic rings. The van der Waals surface area contributed by atoms with Crippen LogP contribution in [-0.4, -0.2) is 23.3 Å². The summed E-state index contributed by atoms with van der Waals surface area (Å²) in [4.78, 5) is 2.55. The molecule has 0 aliphatic rings. The minimum Gasteiger partial charge on any atom is -0.302 e. The zero-order chi connectivity index (χ0) is 12.1. The first-order valence-electron chi connectivity index (χ1n) is 5.26. The number of benzene rings is 1. The molecule has 1 unspecified atom stereocenters. The molecule has 0 amide bonds. The van der Waals surface area contributed by atoms with Gasteiger partial charge in [0.05, 0.1) is 0 Å². The van der Waals surface area contributed by atoms with Crippen LogP contribution in [0.3, 0.4) is 0 Å². The third kappa shape index (κ3) is 4.40. The summed E-state index contributed by atoms with van der Waals surface area (Å²) in [6.45, 7) is 3.56. The molecular formula is C12H16BrClFN. The average Bonchev–Trinajstić information content (AvgIpc) is 2.21. The molecule has 0 aliphatic heterocycles. The van der Waals surface area contributed by atoms with E-state index >= 15 is 0 Å². The van der Waals surface area contributed by atoms with Crippen molar-refractivity contribution in [1.29, 1.82) is 0 Å². The number of rotatable bonds is 5. The summed E-state index contributed by atoms with van der Waals surface area (Å²) in [6, 6.07) is 4.80.